The van der Waals surface area contributed by atoms with Crippen molar-refractivity contribution in [1.82, 2.24) is 20.1 Å². The minimum Gasteiger partial charge on any atom is -0.460 e. The number of halogens is 1. The summed E-state index contributed by atoms with van der Waals surface area (Å²) in [6.45, 7) is 6.99. The lowest BCUT2D eigenvalue weighted by Gasteiger charge is -2.23. The van der Waals surface area contributed by atoms with Gasteiger partial charge >= 0.3 is 5.97 Å². The molecule has 33 heavy (non-hydrogen) atoms. The van der Waals surface area contributed by atoms with E-state index >= 15 is 0 Å². The fraction of sp³-hybridized carbons (Fsp3) is 0.545. The first-order valence-corrected chi connectivity index (χ1v) is 10.5. The van der Waals surface area contributed by atoms with Crippen molar-refractivity contribution in [3.05, 3.63) is 46.0 Å². The van der Waals surface area contributed by atoms with Gasteiger partial charge in [-0.2, -0.15) is 5.10 Å². The van der Waals surface area contributed by atoms with Gasteiger partial charge in [0.05, 0.1) is 18.9 Å². The van der Waals surface area contributed by atoms with Crippen LogP contribution in [0.3, 0.4) is 0 Å². The first-order valence-electron chi connectivity index (χ1n) is 10.5. The number of carbonyl (C=O) groups is 3. The number of hydrogen-bond acceptors (Lipinski definition) is 8. The van der Waals surface area contributed by atoms with Gasteiger partial charge in [-0.3, -0.25) is 19.2 Å². The number of ether oxygens (including phenoxy) is 1. The smallest absolute Gasteiger partial charge is 0.308 e. The van der Waals surface area contributed by atoms with Gasteiger partial charge in [0.25, 0.3) is 5.56 Å². The zero-order valence-electron chi connectivity index (χ0n) is 19.4. The molecule has 1 N–H and O–H groups in total. The first-order chi connectivity index (χ1) is 15.4. The van der Waals surface area contributed by atoms with Crippen molar-refractivity contribution < 1.29 is 27.9 Å². The second-order valence-electron chi connectivity index (χ2n) is 8.52. The number of carbonyl (C=O) groups excluding carboxylic acids is 3. The maximum atomic E-state index is 13.1. The summed E-state index contributed by atoms with van der Waals surface area (Å²) in [5.74, 6) is -2.90. The van der Waals surface area contributed by atoms with Crippen LogP contribution in [-0.2, 0) is 25.7 Å². The van der Waals surface area contributed by atoms with E-state index in [9.17, 15) is 23.6 Å². The number of Topliss-reactive ketones (excluding diaryl/α,β-unsaturated/α-hetero) is 1. The largest absolute Gasteiger partial charge is 0.460 e. The number of esters is 1. The van der Waals surface area contributed by atoms with Crippen LogP contribution in [0.4, 0.5) is 4.39 Å². The highest BCUT2D eigenvalue weighted by Crippen LogP contribution is 2.17. The van der Waals surface area contributed by atoms with Crippen molar-refractivity contribution in [2.24, 2.45) is 0 Å². The predicted octanol–water partition coefficient (Wildman–Crippen LogP) is 1.84. The molecule has 2 atom stereocenters. The van der Waals surface area contributed by atoms with E-state index in [4.69, 9.17) is 9.15 Å². The lowest BCUT2D eigenvalue weighted by atomic mass is 9.96. The molecule has 180 valence electrons. The minimum atomic E-state index is -1.41. The van der Waals surface area contributed by atoms with Gasteiger partial charge in [0.2, 0.25) is 5.91 Å². The van der Waals surface area contributed by atoms with Crippen molar-refractivity contribution in [3.8, 4) is 0 Å². The standard InChI is InChI=1S/C22H29FN4O6/c1-6-15(16-7-8-24-27(21(16)31)11-14-12-32-13(2)25-14)20(30)26-17(18(28)10-23)9-19(29)33-22(3,4)5/h7-8,12,15,17H,6,9-11H2,1-5H3,(H,26,30). The SMILES string of the molecule is CCC(C(=O)NC(CC(=O)OC(C)(C)C)C(=O)CF)c1ccnn(Cc2coc(C)n2)c1=O. The average molecular weight is 464 g/mol. The number of aromatic nitrogens is 3. The molecule has 0 radical (unpaired) electrons. The van der Waals surface area contributed by atoms with Gasteiger partial charge in [-0.05, 0) is 33.3 Å². The number of amides is 1. The maximum Gasteiger partial charge on any atom is 0.308 e. The third-order valence-electron chi connectivity index (χ3n) is 4.65. The normalized spacial score (nSPS) is 13.3. The third-order valence-corrected chi connectivity index (χ3v) is 4.65. The molecule has 1 amide bonds. The quantitative estimate of drug-likeness (QED) is 0.527. The Hall–Kier alpha value is -3.37. The second kappa shape index (κ2) is 11.0. The number of oxazole rings is 1. The van der Waals surface area contributed by atoms with Crippen LogP contribution < -0.4 is 10.9 Å². The van der Waals surface area contributed by atoms with Crippen LogP contribution >= 0.6 is 0 Å². The molecule has 0 bridgehead atoms. The molecule has 0 saturated carbocycles. The summed E-state index contributed by atoms with van der Waals surface area (Å²) in [6.07, 6.45) is 2.49. The zero-order valence-corrected chi connectivity index (χ0v) is 19.4. The van der Waals surface area contributed by atoms with Gasteiger partial charge in [-0.15, -0.1) is 0 Å². The topological polar surface area (TPSA) is 133 Å². The molecule has 0 aromatic carbocycles. The van der Waals surface area contributed by atoms with E-state index < -0.39 is 53.9 Å². The number of alkyl halides is 1. The van der Waals surface area contributed by atoms with E-state index in [-0.39, 0.29) is 18.5 Å². The summed E-state index contributed by atoms with van der Waals surface area (Å²) >= 11 is 0. The maximum absolute atomic E-state index is 13.1. The molecule has 2 aromatic rings. The Morgan fingerprint density at radius 3 is 2.55 bits per heavy atom. The molecule has 0 saturated heterocycles. The molecule has 0 fully saturated rings. The molecular weight excluding hydrogens is 435 g/mol. The first kappa shape index (κ1) is 25.9. The summed E-state index contributed by atoms with van der Waals surface area (Å²) in [4.78, 5) is 54.2. The third kappa shape index (κ3) is 7.33. The van der Waals surface area contributed by atoms with Gasteiger partial charge in [0.15, 0.2) is 11.7 Å². The molecule has 2 aromatic heterocycles. The summed E-state index contributed by atoms with van der Waals surface area (Å²) in [5.41, 5.74) is -0.682. The Kier molecular flexibility index (Phi) is 8.61. The van der Waals surface area contributed by atoms with Gasteiger partial charge in [0.1, 0.15) is 30.3 Å². The Morgan fingerprint density at radius 2 is 2.00 bits per heavy atom. The Morgan fingerprint density at radius 1 is 1.30 bits per heavy atom. The summed E-state index contributed by atoms with van der Waals surface area (Å²) in [7, 11) is 0. The molecular formula is C22H29FN4O6. The van der Waals surface area contributed by atoms with Crippen LogP contribution in [0.15, 0.2) is 27.7 Å². The molecule has 11 heteroatoms. The number of nitrogens with zero attached hydrogens (tertiary/aromatic N) is 3. The van der Waals surface area contributed by atoms with Crippen LogP contribution in [0.2, 0.25) is 0 Å². The van der Waals surface area contributed by atoms with E-state index in [0.29, 0.717) is 11.6 Å². The van der Waals surface area contributed by atoms with Crippen molar-refractivity contribution in [3.63, 3.8) is 0 Å². The highest BCUT2D eigenvalue weighted by molar-refractivity contribution is 5.94. The highest BCUT2D eigenvalue weighted by Gasteiger charge is 2.30. The number of hydrogen-bond donors (Lipinski definition) is 1. The van der Waals surface area contributed by atoms with E-state index in [0.717, 1.165) is 4.68 Å². The molecule has 0 aliphatic carbocycles. The van der Waals surface area contributed by atoms with Crippen LogP contribution in [0.25, 0.3) is 0 Å². The van der Waals surface area contributed by atoms with Crippen molar-refractivity contribution in [2.45, 2.75) is 71.6 Å². The number of rotatable bonds is 10. The molecule has 0 aliphatic rings. The Labute approximate surface area is 190 Å². The summed E-state index contributed by atoms with van der Waals surface area (Å²) in [6, 6.07) is 0.00841. The monoisotopic (exact) mass is 464 g/mol. The Balaban J connectivity index is 2.23. The van der Waals surface area contributed by atoms with E-state index in [1.807, 2.05) is 0 Å². The van der Waals surface area contributed by atoms with Gasteiger partial charge in [-0.1, -0.05) is 6.92 Å². The number of ketones is 1. The number of nitrogens with one attached hydrogen (secondary N) is 1. The van der Waals surface area contributed by atoms with Crippen molar-refractivity contribution in [1.29, 1.82) is 0 Å². The predicted molar refractivity (Wildman–Crippen MR) is 115 cm³/mol. The van der Waals surface area contributed by atoms with Crippen LogP contribution in [0.5, 0.6) is 0 Å². The van der Waals surface area contributed by atoms with Gasteiger partial charge < -0.3 is 14.5 Å². The molecule has 2 unspecified atom stereocenters. The van der Waals surface area contributed by atoms with E-state index in [2.05, 4.69) is 15.4 Å². The molecule has 2 rings (SSSR count). The minimum absolute atomic E-state index is 0.0453. The highest BCUT2D eigenvalue weighted by atomic mass is 19.1. The Bertz CT molecular complexity index is 1060. The van der Waals surface area contributed by atoms with Crippen LogP contribution in [-0.4, -0.2) is 50.7 Å². The fourth-order valence-corrected chi connectivity index (χ4v) is 3.19. The lowest BCUT2D eigenvalue weighted by molar-refractivity contribution is -0.156. The summed E-state index contributed by atoms with van der Waals surface area (Å²) < 4.78 is 24.5. The zero-order chi connectivity index (χ0) is 24.8. The van der Waals surface area contributed by atoms with Crippen LogP contribution in [0, 0.1) is 6.92 Å². The molecule has 0 aliphatic heterocycles. The number of aryl methyl sites for hydroxylation is 1. The molecule has 0 spiro atoms. The van der Waals surface area contributed by atoms with E-state index in [1.54, 1.807) is 34.6 Å². The average Bonchev–Trinajstić information content (AvgIpc) is 3.13. The molecule has 2 heterocycles. The second-order valence-corrected chi connectivity index (χ2v) is 8.52. The fourth-order valence-electron chi connectivity index (χ4n) is 3.19. The van der Waals surface area contributed by atoms with Gasteiger partial charge in [0, 0.05) is 18.7 Å². The molecule has 10 nitrogen and oxygen atoms in total. The lowest BCUT2D eigenvalue weighted by Crippen LogP contribution is -2.46. The van der Waals surface area contributed by atoms with E-state index in [1.165, 1.54) is 18.5 Å². The van der Waals surface area contributed by atoms with Gasteiger partial charge in [-0.25, -0.2) is 14.1 Å². The summed E-state index contributed by atoms with van der Waals surface area (Å²) in [5, 5.41) is 6.43. The van der Waals surface area contributed by atoms with Crippen molar-refractivity contribution >= 4 is 17.7 Å². The van der Waals surface area contributed by atoms with Crippen molar-refractivity contribution in [2.75, 3.05) is 6.67 Å². The van der Waals surface area contributed by atoms with Crippen LogP contribution in [0.1, 0.15) is 63.6 Å².